The predicted octanol–water partition coefficient (Wildman–Crippen LogP) is 1.77. The molecule has 0 unspecified atom stereocenters. The van der Waals surface area contributed by atoms with E-state index in [0.717, 1.165) is 0 Å². The van der Waals surface area contributed by atoms with Crippen molar-refractivity contribution in [3.63, 3.8) is 0 Å². The third-order valence-electron chi connectivity index (χ3n) is 1.32. The van der Waals surface area contributed by atoms with Crippen molar-refractivity contribution in [3.05, 3.63) is 10.6 Å². The summed E-state index contributed by atoms with van der Waals surface area (Å²) in [6, 6.07) is 0. The zero-order valence-corrected chi connectivity index (χ0v) is 7.59. The van der Waals surface area contributed by atoms with E-state index in [0.29, 0.717) is 0 Å². The molecule has 0 aliphatic rings. The molecule has 1 heterocycles. The standard InChI is InChI=1S/C5H3F5N4S/c6-4(7,5(8,9)10)1-12-2(11)14-3(15)13-1/h(H3,11,12,13,14,15). The molecule has 3 N–H and O–H groups in total. The van der Waals surface area contributed by atoms with Gasteiger partial charge in [0, 0.05) is 0 Å². The lowest BCUT2D eigenvalue weighted by molar-refractivity contribution is -0.292. The fourth-order valence-corrected chi connectivity index (χ4v) is 0.873. The maximum atomic E-state index is 12.7. The summed E-state index contributed by atoms with van der Waals surface area (Å²) in [6.45, 7) is 0. The van der Waals surface area contributed by atoms with Crippen LogP contribution < -0.4 is 5.73 Å². The third-order valence-corrected chi connectivity index (χ3v) is 1.51. The summed E-state index contributed by atoms with van der Waals surface area (Å²) < 4.78 is 60.3. The molecule has 0 saturated heterocycles. The van der Waals surface area contributed by atoms with Crippen LogP contribution in [0.1, 0.15) is 5.82 Å². The maximum absolute atomic E-state index is 12.7. The van der Waals surface area contributed by atoms with Crippen molar-refractivity contribution < 1.29 is 22.0 Å². The number of anilines is 1. The molecule has 15 heavy (non-hydrogen) atoms. The normalized spacial score (nSPS) is 12.9. The predicted molar refractivity (Wildman–Crippen MR) is 41.6 cm³/mol. The molecule has 0 atom stereocenters. The second-order valence-electron chi connectivity index (χ2n) is 2.44. The Kier molecular flexibility index (Phi) is 2.63. The summed E-state index contributed by atoms with van der Waals surface area (Å²) in [5.74, 6) is -7.47. The highest BCUT2D eigenvalue weighted by Crippen LogP contribution is 2.42. The van der Waals surface area contributed by atoms with E-state index in [1.165, 1.54) is 4.98 Å². The molecule has 4 nitrogen and oxygen atoms in total. The Hall–Kier alpha value is -1.32. The number of alkyl halides is 5. The van der Waals surface area contributed by atoms with Gasteiger partial charge in [-0.2, -0.15) is 31.9 Å². The van der Waals surface area contributed by atoms with Crippen LogP contribution in [-0.2, 0) is 5.92 Å². The van der Waals surface area contributed by atoms with Crippen molar-refractivity contribution >= 4 is 18.2 Å². The molecule has 0 amide bonds. The number of rotatable bonds is 1. The van der Waals surface area contributed by atoms with E-state index in [1.807, 2.05) is 0 Å². The van der Waals surface area contributed by atoms with E-state index in [9.17, 15) is 22.0 Å². The van der Waals surface area contributed by atoms with Crippen LogP contribution in [-0.4, -0.2) is 21.1 Å². The summed E-state index contributed by atoms with van der Waals surface area (Å²) in [5.41, 5.74) is 4.93. The van der Waals surface area contributed by atoms with Gasteiger partial charge in [0.15, 0.2) is 5.82 Å². The van der Waals surface area contributed by atoms with Crippen LogP contribution in [0.3, 0.4) is 0 Å². The van der Waals surface area contributed by atoms with Crippen LogP contribution in [0.5, 0.6) is 0 Å². The average molecular weight is 246 g/mol. The Bertz CT molecular complexity index is 424. The second kappa shape index (κ2) is 3.36. The van der Waals surface area contributed by atoms with Crippen LogP contribution in [0.2, 0.25) is 0 Å². The largest absolute Gasteiger partial charge is 0.461 e. The summed E-state index contributed by atoms with van der Waals surface area (Å²) in [6.07, 6.45) is -5.77. The quantitative estimate of drug-likeness (QED) is 0.585. The van der Waals surface area contributed by atoms with Crippen LogP contribution in [0.4, 0.5) is 27.9 Å². The van der Waals surface area contributed by atoms with Crippen molar-refractivity contribution in [3.8, 4) is 0 Å². The zero-order chi connectivity index (χ0) is 11.9. The van der Waals surface area contributed by atoms with Gasteiger partial charge in [0.25, 0.3) is 0 Å². The number of aromatic amines is 1. The van der Waals surface area contributed by atoms with Crippen molar-refractivity contribution in [2.45, 2.75) is 12.1 Å². The molecule has 1 aromatic rings. The zero-order valence-electron chi connectivity index (χ0n) is 6.77. The number of hydrogen-bond donors (Lipinski definition) is 2. The molecule has 0 radical (unpaired) electrons. The highest BCUT2D eigenvalue weighted by Gasteiger charge is 2.61. The van der Waals surface area contributed by atoms with Gasteiger partial charge >= 0.3 is 12.1 Å². The molecule has 0 aliphatic heterocycles. The fourth-order valence-electron chi connectivity index (χ4n) is 0.684. The van der Waals surface area contributed by atoms with Gasteiger partial charge in [0.05, 0.1) is 0 Å². The van der Waals surface area contributed by atoms with E-state index in [4.69, 9.17) is 5.73 Å². The lowest BCUT2D eigenvalue weighted by Crippen LogP contribution is -2.35. The molecular formula is C5H3F5N4S. The highest BCUT2D eigenvalue weighted by molar-refractivity contribution is 7.71. The lowest BCUT2D eigenvalue weighted by atomic mass is 10.3. The van der Waals surface area contributed by atoms with Crippen LogP contribution in [0, 0.1) is 4.77 Å². The van der Waals surface area contributed by atoms with E-state index in [1.54, 1.807) is 0 Å². The molecule has 84 valence electrons. The van der Waals surface area contributed by atoms with Crippen LogP contribution in [0.15, 0.2) is 0 Å². The minimum absolute atomic E-state index is 0.658. The minimum atomic E-state index is -5.77. The SMILES string of the molecule is Nc1nc(=S)nc(C(F)(F)C(F)(F)F)[nH]1. The van der Waals surface area contributed by atoms with E-state index >= 15 is 0 Å². The monoisotopic (exact) mass is 246 g/mol. The first-order chi connectivity index (χ1) is 6.64. The van der Waals surface area contributed by atoms with Gasteiger partial charge in [-0.1, -0.05) is 0 Å². The molecule has 1 rings (SSSR count). The van der Waals surface area contributed by atoms with Crippen molar-refractivity contribution in [2.24, 2.45) is 0 Å². The van der Waals surface area contributed by atoms with Gasteiger partial charge < -0.3 is 10.7 Å². The van der Waals surface area contributed by atoms with E-state index < -0.39 is 28.6 Å². The number of hydrogen-bond acceptors (Lipinski definition) is 4. The highest BCUT2D eigenvalue weighted by atomic mass is 32.1. The van der Waals surface area contributed by atoms with Crippen molar-refractivity contribution in [1.29, 1.82) is 0 Å². The number of nitrogens with two attached hydrogens (primary N) is 1. The van der Waals surface area contributed by atoms with Gasteiger partial charge in [-0.05, 0) is 12.2 Å². The molecule has 0 spiro atoms. The molecule has 0 bridgehead atoms. The minimum Gasteiger partial charge on any atom is -0.369 e. The van der Waals surface area contributed by atoms with Crippen LogP contribution >= 0.6 is 12.2 Å². The number of aromatic nitrogens is 3. The van der Waals surface area contributed by atoms with E-state index in [2.05, 4.69) is 22.2 Å². The molecule has 0 aromatic carbocycles. The Labute approximate surface area is 84.3 Å². The number of nitrogen functional groups attached to an aromatic ring is 1. The maximum Gasteiger partial charge on any atom is 0.461 e. The van der Waals surface area contributed by atoms with Gasteiger partial charge in [-0.25, -0.2) is 0 Å². The molecule has 0 aliphatic carbocycles. The lowest BCUT2D eigenvalue weighted by Gasteiger charge is -2.18. The fraction of sp³-hybridized carbons (Fsp3) is 0.400. The topological polar surface area (TPSA) is 67.6 Å². The second-order valence-corrected chi connectivity index (χ2v) is 2.80. The van der Waals surface area contributed by atoms with Gasteiger partial charge in [-0.3, -0.25) is 0 Å². The summed E-state index contributed by atoms with van der Waals surface area (Å²) >= 11 is 4.26. The Balaban J connectivity index is 3.33. The first-order valence-electron chi connectivity index (χ1n) is 3.33. The molecule has 10 heteroatoms. The Morgan fingerprint density at radius 2 is 1.67 bits per heavy atom. The molecule has 1 aromatic heterocycles. The number of H-pyrrole nitrogens is 1. The number of halogens is 5. The van der Waals surface area contributed by atoms with E-state index in [-0.39, 0.29) is 0 Å². The van der Waals surface area contributed by atoms with Crippen LogP contribution in [0.25, 0.3) is 0 Å². The van der Waals surface area contributed by atoms with Crippen molar-refractivity contribution in [2.75, 3.05) is 5.73 Å². The molecule has 0 fully saturated rings. The first-order valence-corrected chi connectivity index (χ1v) is 3.74. The first kappa shape index (κ1) is 11.8. The summed E-state index contributed by atoms with van der Waals surface area (Å²) in [7, 11) is 0. The Morgan fingerprint density at radius 3 is 2.07 bits per heavy atom. The van der Waals surface area contributed by atoms with Gasteiger partial charge in [0.2, 0.25) is 10.7 Å². The number of nitrogens with one attached hydrogen (secondary N) is 1. The van der Waals surface area contributed by atoms with Crippen molar-refractivity contribution in [1.82, 2.24) is 15.0 Å². The van der Waals surface area contributed by atoms with Gasteiger partial charge in [-0.15, -0.1) is 0 Å². The third kappa shape index (κ3) is 2.19. The average Bonchev–Trinajstić information content (AvgIpc) is 1.99. The Morgan fingerprint density at radius 1 is 1.13 bits per heavy atom. The van der Waals surface area contributed by atoms with Gasteiger partial charge in [0.1, 0.15) is 0 Å². The summed E-state index contributed by atoms with van der Waals surface area (Å²) in [5, 5.41) is 0. The number of nitrogens with zero attached hydrogens (tertiary/aromatic N) is 2. The molecule has 0 saturated carbocycles. The molecular weight excluding hydrogens is 243 g/mol. The smallest absolute Gasteiger partial charge is 0.369 e. The summed E-state index contributed by atoms with van der Waals surface area (Å²) in [4.78, 5) is 7.44.